The van der Waals surface area contributed by atoms with Crippen LogP contribution in [0, 0.1) is 10.8 Å². The van der Waals surface area contributed by atoms with Crippen molar-refractivity contribution in [2.75, 3.05) is 0 Å². The SMILES string of the molecule is C=CPNC(=N)NC(=N)N. The molecule has 0 radical (unpaired) electrons. The number of hydrogen-bond acceptors (Lipinski definition) is 2. The van der Waals surface area contributed by atoms with Gasteiger partial charge in [0, 0.05) is 0 Å². The summed E-state index contributed by atoms with van der Waals surface area (Å²) < 4.78 is 0. The molecule has 0 aliphatic rings. The number of nitrogens with two attached hydrogens (primary N) is 1. The number of hydrogen-bond donors (Lipinski definition) is 5. The molecule has 10 heavy (non-hydrogen) atoms. The molecular weight excluding hydrogens is 149 g/mol. The first-order valence-electron chi connectivity index (χ1n) is 2.49. The van der Waals surface area contributed by atoms with Crippen LogP contribution in [0.15, 0.2) is 12.4 Å². The van der Waals surface area contributed by atoms with Crippen LogP contribution in [0.4, 0.5) is 0 Å². The Hall–Kier alpha value is -1.09. The summed E-state index contributed by atoms with van der Waals surface area (Å²) >= 11 is 0. The van der Waals surface area contributed by atoms with Gasteiger partial charge in [-0.1, -0.05) is 12.4 Å². The number of guanidine groups is 2. The van der Waals surface area contributed by atoms with Crippen molar-refractivity contribution >= 4 is 20.7 Å². The van der Waals surface area contributed by atoms with Crippen LogP contribution in [0.2, 0.25) is 0 Å². The Morgan fingerprint density at radius 1 is 1.60 bits per heavy atom. The fraction of sp³-hybridized carbons (Fsp3) is 0. The monoisotopic (exact) mass is 159 g/mol. The van der Waals surface area contributed by atoms with Gasteiger partial charge in [-0.15, -0.1) is 0 Å². The van der Waals surface area contributed by atoms with E-state index in [2.05, 4.69) is 17.0 Å². The molecule has 6 N–H and O–H groups in total. The van der Waals surface area contributed by atoms with Crippen molar-refractivity contribution in [3.63, 3.8) is 0 Å². The van der Waals surface area contributed by atoms with E-state index in [1.165, 1.54) is 0 Å². The van der Waals surface area contributed by atoms with Crippen molar-refractivity contribution in [3.05, 3.63) is 12.4 Å². The molecule has 1 unspecified atom stereocenters. The summed E-state index contributed by atoms with van der Waals surface area (Å²) in [6.07, 6.45) is 0. The summed E-state index contributed by atoms with van der Waals surface area (Å²) in [4.78, 5) is 0. The lowest BCUT2D eigenvalue weighted by atomic mass is 10.9. The van der Waals surface area contributed by atoms with Gasteiger partial charge in [0.2, 0.25) is 0 Å². The molecule has 56 valence electrons. The second-order valence-corrected chi connectivity index (χ2v) is 2.33. The van der Waals surface area contributed by atoms with Crippen LogP contribution in [0.25, 0.3) is 0 Å². The van der Waals surface area contributed by atoms with Crippen molar-refractivity contribution in [2.45, 2.75) is 0 Å². The summed E-state index contributed by atoms with van der Waals surface area (Å²) in [6.45, 7) is 3.45. The van der Waals surface area contributed by atoms with E-state index in [4.69, 9.17) is 16.6 Å². The van der Waals surface area contributed by atoms with Crippen molar-refractivity contribution in [1.82, 2.24) is 10.4 Å². The average Bonchev–Trinajstić information content (AvgIpc) is 1.82. The van der Waals surface area contributed by atoms with E-state index in [1.807, 2.05) is 0 Å². The summed E-state index contributed by atoms with van der Waals surface area (Å²) in [5.74, 6) is 1.41. The normalized spacial score (nSPS) is 9.20. The lowest BCUT2D eigenvalue weighted by Crippen LogP contribution is -2.40. The highest BCUT2D eigenvalue weighted by molar-refractivity contribution is 7.40. The number of rotatable bonds is 2. The van der Waals surface area contributed by atoms with Crippen LogP contribution in [0.5, 0.6) is 0 Å². The quantitative estimate of drug-likeness (QED) is 0.218. The van der Waals surface area contributed by atoms with Gasteiger partial charge < -0.3 is 10.8 Å². The molecule has 0 aliphatic heterocycles. The van der Waals surface area contributed by atoms with Crippen LogP contribution in [-0.2, 0) is 0 Å². The Morgan fingerprint density at radius 3 is 2.60 bits per heavy atom. The third-order valence-corrected chi connectivity index (χ3v) is 1.16. The second-order valence-electron chi connectivity index (χ2n) is 1.39. The first-order valence-corrected chi connectivity index (χ1v) is 3.56. The Labute approximate surface area is 60.9 Å². The first-order chi connectivity index (χ1) is 4.66. The van der Waals surface area contributed by atoms with Crippen LogP contribution in [-0.4, -0.2) is 11.9 Å². The Balaban J connectivity index is 3.43. The van der Waals surface area contributed by atoms with E-state index in [1.54, 1.807) is 5.82 Å². The third-order valence-electron chi connectivity index (χ3n) is 0.559. The molecule has 0 saturated heterocycles. The summed E-state index contributed by atoms with van der Waals surface area (Å²) in [5.41, 5.74) is 4.93. The second kappa shape index (κ2) is 4.76. The van der Waals surface area contributed by atoms with Crippen molar-refractivity contribution in [3.8, 4) is 0 Å². The lowest BCUT2D eigenvalue weighted by Gasteiger charge is -2.04. The molecular formula is C4H10N5P. The maximum atomic E-state index is 7.04. The molecule has 0 heterocycles. The van der Waals surface area contributed by atoms with Gasteiger partial charge in [0.25, 0.3) is 0 Å². The molecule has 0 aromatic heterocycles. The standard InChI is InChI=1S/C4H10N5P/c1-2-10-9-4(7)8-3(5)6/h2,10H,1H2,(H6,5,6,7,8,9). The number of nitrogens with one attached hydrogen (secondary N) is 4. The minimum atomic E-state index is -0.244. The van der Waals surface area contributed by atoms with Gasteiger partial charge in [0.15, 0.2) is 11.9 Å². The van der Waals surface area contributed by atoms with Gasteiger partial charge in [0.1, 0.15) is 0 Å². The van der Waals surface area contributed by atoms with Gasteiger partial charge in [0.05, 0.1) is 0 Å². The van der Waals surface area contributed by atoms with E-state index >= 15 is 0 Å². The van der Waals surface area contributed by atoms with Gasteiger partial charge in [-0.05, 0) is 8.73 Å². The Kier molecular flexibility index (Phi) is 4.24. The molecule has 0 fully saturated rings. The minimum Gasteiger partial charge on any atom is -0.370 e. The molecule has 0 aliphatic carbocycles. The summed E-state index contributed by atoms with van der Waals surface area (Å²) in [6, 6.07) is 0. The fourth-order valence-electron chi connectivity index (χ4n) is 0.289. The van der Waals surface area contributed by atoms with Crippen molar-refractivity contribution in [1.29, 1.82) is 10.8 Å². The van der Waals surface area contributed by atoms with Gasteiger partial charge in [-0.25, -0.2) is 0 Å². The van der Waals surface area contributed by atoms with Gasteiger partial charge in [-0.2, -0.15) is 0 Å². The molecule has 0 spiro atoms. The topological polar surface area (TPSA) is 97.8 Å². The maximum absolute atomic E-state index is 7.04. The van der Waals surface area contributed by atoms with Gasteiger partial charge >= 0.3 is 0 Å². The summed E-state index contributed by atoms with van der Waals surface area (Å²) in [5, 5.41) is 18.7. The van der Waals surface area contributed by atoms with Crippen molar-refractivity contribution in [2.24, 2.45) is 5.73 Å². The zero-order valence-corrected chi connectivity index (χ0v) is 6.36. The zero-order valence-electron chi connectivity index (χ0n) is 5.36. The highest BCUT2D eigenvalue weighted by Gasteiger charge is 1.91. The van der Waals surface area contributed by atoms with E-state index in [-0.39, 0.29) is 20.7 Å². The van der Waals surface area contributed by atoms with Crippen LogP contribution < -0.4 is 16.1 Å². The molecule has 0 rings (SSSR count). The zero-order chi connectivity index (χ0) is 7.98. The largest absolute Gasteiger partial charge is 0.370 e. The Morgan fingerprint density at radius 2 is 2.20 bits per heavy atom. The van der Waals surface area contributed by atoms with E-state index in [0.29, 0.717) is 0 Å². The highest BCUT2D eigenvalue weighted by Crippen LogP contribution is 1.99. The predicted molar refractivity (Wildman–Crippen MR) is 44.4 cm³/mol. The molecule has 0 aromatic carbocycles. The summed E-state index contributed by atoms with van der Waals surface area (Å²) in [7, 11) is 0.269. The smallest absolute Gasteiger partial charge is 0.198 e. The molecule has 5 nitrogen and oxygen atoms in total. The van der Waals surface area contributed by atoms with E-state index in [9.17, 15) is 0 Å². The van der Waals surface area contributed by atoms with Gasteiger partial charge in [-0.3, -0.25) is 16.1 Å². The van der Waals surface area contributed by atoms with Crippen LogP contribution >= 0.6 is 8.73 Å². The first kappa shape index (κ1) is 8.91. The molecule has 0 aromatic rings. The molecule has 0 saturated carbocycles. The molecule has 1 atom stereocenters. The fourth-order valence-corrected chi connectivity index (χ4v) is 0.598. The molecule has 0 amide bonds. The average molecular weight is 159 g/mol. The highest BCUT2D eigenvalue weighted by atomic mass is 31.1. The van der Waals surface area contributed by atoms with E-state index < -0.39 is 0 Å². The molecule has 6 heteroatoms. The lowest BCUT2D eigenvalue weighted by molar-refractivity contribution is 1.16. The van der Waals surface area contributed by atoms with Crippen LogP contribution in [0.1, 0.15) is 0 Å². The van der Waals surface area contributed by atoms with Crippen molar-refractivity contribution < 1.29 is 0 Å². The minimum absolute atomic E-state index is 0.0192. The molecule has 0 bridgehead atoms. The van der Waals surface area contributed by atoms with E-state index in [0.717, 1.165) is 0 Å². The van der Waals surface area contributed by atoms with Crippen LogP contribution in [0.3, 0.4) is 0 Å². The predicted octanol–water partition coefficient (Wildman–Crippen LogP) is -0.269. The Bertz CT molecular complexity index is 154. The third kappa shape index (κ3) is 5.05. The maximum Gasteiger partial charge on any atom is 0.198 e.